The molecule has 6 heteroatoms. The first-order chi connectivity index (χ1) is 18.0. The fourth-order valence-corrected chi connectivity index (χ4v) is 5.34. The highest BCUT2D eigenvalue weighted by Gasteiger charge is 2.22. The molecule has 1 aliphatic heterocycles. The molecule has 2 fully saturated rings. The minimum Gasteiger partial charge on any atom is -0.497 e. The van der Waals surface area contributed by atoms with E-state index in [9.17, 15) is 9.46 Å². The first kappa shape index (κ1) is 30.6. The van der Waals surface area contributed by atoms with Gasteiger partial charge in [0.1, 0.15) is 11.5 Å². The van der Waals surface area contributed by atoms with E-state index >= 15 is 0 Å². The third kappa shape index (κ3) is 11.8. The summed E-state index contributed by atoms with van der Waals surface area (Å²) in [6, 6.07) is 14.5. The van der Waals surface area contributed by atoms with E-state index in [0.29, 0.717) is 30.5 Å². The minimum atomic E-state index is -2.99. The molecule has 1 atom stereocenters. The Kier molecular flexibility index (Phi) is 11.6. The second-order valence-corrected chi connectivity index (χ2v) is 14.9. The van der Waals surface area contributed by atoms with E-state index in [1.165, 1.54) is 50.0 Å². The van der Waals surface area contributed by atoms with Crippen LogP contribution in [0, 0.1) is 11.3 Å². The van der Waals surface area contributed by atoms with Gasteiger partial charge in [-0.25, -0.2) is 0 Å². The van der Waals surface area contributed by atoms with E-state index in [-0.39, 0.29) is 0 Å². The zero-order valence-corrected chi connectivity index (χ0v) is 25.3. The summed E-state index contributed by atoms with van der Waals surface area (Å²) in [6.07, 6.45) is 11.1. The molecule has 0 radical (unpaired) electrons. The maximum Gasteiger partial charge on any atom is 0.197 e. The summed E-state index contributed by atoms with van der Waals surface area (Å²) >= 11 is 0. The van der Waals surface area contributed by atoms with Crippen molar-refractivity contribution < 1.29 is 18.9 Å². The summed E-state index contributed by atoms with van der Waals surface area (Å²) < 4.78 is 23.3. The van der Waals surface area contributed by atoms with Crippen LogP contribution in [-0.2, 0) is 17.4 Å². The van der Waals surface area contributed by atoms with E-state index in [1.807, 2.05) is 24.3 Å². The van der Waals surface area contributed by atoms with Gasteiger partial charge in [0, 0.05) is 37.7 Å². The second kappa shape index (κ2) is 14.4. The van der Waals surface area contributed by atoms with Crippen molar-refractivity contribution in [2.45, 2.75) is 78.6 Å². The summed E-state index contributed by atoms with van der Waals surface area (Å²) in [6.45, 7) is 11.1. The third-order valence-corrected chi connectivity index (χ3v) is 8.23. The number of methoxy groups -OCH3 is 1. The van der Waals surface area contributed by atoms with Crippen LogP contribution < -0.4 is 14.4 Å². The molecule has 5 nitrogen and oxygen atoms in total. The molecular formula is C32H50NO4P. The van der Waals surface area contributed by atoms with Crippen LogP contribution in [0.5, 0.6) is 11.5 Å². The van der Waals surface area contributed by atoms with Gasteiger partial charge >= 0.3 is 0 Å². The van der Waals surface area contributed by atoms with Crippen molar-refractivity contribution in [3.05, 3.63) is 53.6 Å². The Bertz CT molecular complexity index is 1030. The zero-order valence-electron chi connectivity index (χ0n) is 24.4. The van der Waals surface area contributed by atoms with Crippen LogP contribution in [0.4, 0.5) is 5.69 Å². The van der Waals surface area contributed by atoms with Crippen molar-refractivity contribution in [2.75, 3.05) is 44.5 Å². The maximum atomic E-state index is 11.6. The number of ether oxygens (including phenoxy) is 2. The first-order valence-electron chi connectivity index (χ1n) is 14.5. The number of hydrogen-bond acceptors (Lipinski definition) is 4. The Morgan fingerprint density at radius 3 is 2.32 bits per heavy atom. The molecular weight excluding hydrogens is 493 g/mol. The Balaban J connectivity index is 0.00000124. The first-order valence-corrected chi connectivity index (χ1v) is 16.7. The van der Waals surface area contributed by atoms with Gasteiger partial charge in [0.2, 0.25) is 0 Å². The summed E-state index contributed by atoms with van der Waals surface area (Å²) in [5.74, 6) is 2.30. The van der Waals surface area contributed by atoms with Crippen molar-refractivity contribution in [3.63, 3.8) is 0 Å². The van der Waals surface area contributed by atoms with Crippen molar-refractivity contribution in [1.82, 2.24) is 0 Å². The molecule has 0 bridgehead atoms. The summed E-state index contributed by atoms with van der Waals surface area (Å²) in [4.78, 5) is 12.1. The topological polar surface area (TPSA) is 59.0 Å². The van der Waals surface area contributed by atoms with Crippen LogP contribution in [0.2, 0.25) is 0 Å². The van der Waals surface area contributed by atoms with Gasteiger partial charge in [0.05, 0.1) is 13.7 Å². The minimum absolute atomic E-state index is 0.303. The Hall–Kier alpha value is -1.97. The quantitative estimate of drug-likeness (QED) is 0.291. The van der Waals surface area contributed by atoms with Crippen LogP contribution in [0.3, 0.4) is 0 Å². The molecule has 1 N–H and O–H groups in total. The van der Waals surface area contributed by atoms with Gasteiger partial charge in [-0.05, 0) is 79.2 Å². The molecule has 4 rings (SSSR count). The average molecular weight is 544 g/mol. The van der Waals surface area contributed by atoms with E-state index < -0.39 is 7.37 Å². The molecule has 1 saturated heterocycles. The molecule has 212 valence electrons. The lowest BCUT2D eigenvalue weighted by Crippen LogP contribution is -2.36. The van der Waals surface area contributed by atoms with Gasteiger partial charge in [-0.3, -0.25) is 4.57 Å². The zero-order chi connectivity index (χ0) is 27.6. The van der Waals surface area contributed by atoms with E-state index in [2.05, 4.69) is 43.9 Å². The van der Waals surface area contributed by atoms with Gasteiger partial charge in [-0.2, -0.15) is 0 Å². The van der Waals surface area contributed by atoms with Gasteiger partial charge in [0.25, 0.3) is 0 Å². The molecule has 2 aliphatic rings. The molecule has 0 aromatic heterocycles. The fourth-order valence-electron chi connectivity index (χ4n) is 4.67. The average Bonchev–Trinajstić information content (AvgIpc) is 3.76. The van der Waals surface area contributed by atoms with E-state index in [4.69, 9.17) is 9.47 Å². The molecule has 1 unspecified atom stereocenters. The smallest absolute Gasteiger partial charge is 0.197 e. The normalized spacial score (nSPS) is 17.3. The Morgan fingerprint density at radius 1 is 1.00 bits per heavy atom. The SMILES string of the molecule is C1CC1.COc1ccc(CCCC(C)(C)C)c(N2CCC(COc3cccc(CCP(C)(=O)O)c3)CC2)c1. The predicted molar refractivity (Wildman–Crippen MR) is 160 cm³/mol. The largest absolute Gasteiger partial charge is 0.497 e. The second-order valence-electron chi connectivity index (χ2n) is 12.4. The number of nitrogens with zero attached hydrogens (tertiary/aromatic N) is 1. The number of piperidine rings is 1. The molecule has 38 heavy (non-hydrogen) atoms. The number of aryl methyl sites for hydroxylation is 2. The monoisotopic (exact) mass is 543 g/mol. The van der Waals surface area contributed by atoms with Crippen molar-refractivity contribution in [3.8, 4) is 11.5 Å². The molecule has 1 aliphatic carbocycles. The van der Waals surface area contributed by atoms with Crippen LogP contribution in [-0.4, -0.2) is 44.5 Å². The lowest BCUT2D eigenvalue weighted by Gasteiger charge is -2.35. The number of hydrogen-bond donors (Lipinski definition) is 1. The molecule has 2 aromatic carbocycles. The lowest BCUT2D eigenvalue weighted by atomic mass is 9.88. The molecule has 0 amide bonds. The number of rotatable bonds is 11. The Labute approximate surface area is 231 Å². The van der Waals surface area contributed by atoms with Crippen LogP contribution in [0.15, 0.2) is 42.5 Å². The van der Waals surface area contributed by atoms with Gasteiger partial charge < -0.3 is 19.3 Å². The number of benzene rings is 2. The summed E-state index contributed by atoms with van der Waals surface area (Å²) in [7, 11) is -1.25. The van der Waals surface area contributed by atoms with Crippen molar-refractivity contribution >= 4 is 13.1 Å². The molecule has 1 heterocycles. The van der Waals surface area contributed by atoms with Crippen LogP contribution >= 0.6 is 7.37 Å². The maximum absolute atomic E-state index is 11.6. The summed E-state index contributed by atoms with van der Waals surface area (Å²) in [5.41, 5.74) is 4.15. The lowest BCUT2D eigenvalue weighted by molar-refractivity contribution is 0.222. The molecule has 0 spiro atoms. The van der Waals surface area contributed by atoms with Crippen LogP contribution in [0.25, 0.3) is 0 Å². The summed E-state index contributed by atoms with van der Waals surface area (Å²) in [5, 5.41) is 0. The van der Waals surface area contributed by atoms with E-state index in [1.54, 1.807) is 7.11 Å². The number of anilines is 1. The fraction of sp³-hybridized carbons (Fsp3) is 0.625. The van der Waals surface area contributed by atoms with Crippen LogP contribution in [0.1, 0.15) is 76.8 Å². The van der Waals surface area contributed by atoms with Gasteiger partial charge in [-0.15, -0.1) is 0 Å². The van der Waals surface area contributed by atoms with E-state index in [0.717, 1.165) is 49.4 Å². The van der Waals surface area contributed by atoms with Crippen molar-refractivity contribution in [1.29, 1.82) is 0 Å². The highest BCUT2D eigenvalue weighted by molar-refractivity contribution is 7.57. The molecule has 1 saturated carbocycles. The van der Waals surface area contributed by atoms with Gasteiger partial charge in [0.15, 0.2) is 7.37 Å². The third-order valence-electron chi connectivity index (χ3n) is 7.17. The highest BCUT2D eigenvalue weighted by atomic mass is 31.2. The Morgan fingerprint density at radius 2 is 1.71 bits per heavy atom. The highest BCUT2D eigenvalue weighted by Crippen LogP contribution is 2.36. The van der Waals surface area contributed by atoms with Crippen molar-refractivity contribution in [2.24, 2.45) is 11.3 Å². The molecule has 2 aromatic rings. The van der Waals surface area contributed by atoms with Gasteiger partial charge in [-0.1, -0.05) is 58.2 Å². The predicted octanol–water partition coefficient (Wildman–Crippen LogP) is 7.97. The standard InChI is InChI=1S/C29H44NO4P.C3H6/c1-29(2,3)16-7-9-25-11-12-26(33-4)21-28(25)30-17-13-24(14-18-30)22-34-27-10-6-8-23(20-27)15-19-35(5,31)32;1-2-3-1/h6,8,10-12,20-21,24H,7,9,13-19,22H2,1-5H3,(H,31,32);1-3H2.